The van der Waals surface area contributed by atoms with E-state index in [9.17, 15) is 4.79 Å². The molecule has 0 radical (unpaired) electrons. The van der Waals surface area contributed by atoms with Gasteiger partial charge in [-0.2, -0.15) is 0 Å². The van der Waals surface area contributed by atoms with Gasteiger partial charge in [0, 0.05) is 5.57 Å². The van der Waals surface area contributed by atoms with Crippen molar-refractivity contribution in [3.63, 3.8) is 0 Å². The maximum absolute atomic E-state index is 11.5. The Hall–Kier alpha value is -0.790. The van der Waals surface area contributed by atoms with Crippen molar-refractivity contribution in [3.8, 4) is 0 Å². The molecule has 1 aliphatic carbocycles. The number of ether oxygens (including phenoxy) is 1. The van der Waals surface area contributed by atoms with E-state index >= 15 is 0 Å². The summed E-state index contributed by atoms with van der Waals surface area (Å²) < 4.78 is 5.44. The molecule has 0 saturated heterocycles. The Balaban J connectivity index is 2.00. The van der Waals surface area contributed by atoms with Gasteiger partial charge in [0.05, 0.1) is 0 Å². The van der Waals surface area contributed by atoms with Crippen molar-refractivity contribution in [2.24, 2.45) is 5.92 Å². The normalized spacial score (nSPS) is 22.0. The lowest BCUT2D eigenvalue weighted by Crippen LogP contribution is -2.24. The van der Waals surface area contributed by atoms with Crippen molar-refractivity contribution in [3.05, 3.63) is 12.2 Å². The molecule has 0 N–H and O–H groups in total. The Morgan fingerprint density at radius 2 is 1.57 bits per heavy atom. The Kier molecular flexibility index (Phi) is 9.45. The molecule has 0 atom stereocenters. The standard InChI is InChI=1S/C19H34O2/c1-4-5-6-7-8-9-10-11-17-12-14-18(15-13-17)21-19(20)16(2)3/h17-18H,2,4-15H2,1,3H3. The lowest BCUT2D eigenvalue weighted by molar-refractivity contribution is -0.146. The summed E-state index contributed by atoms with van der Waals surface area (Å²) in [5, 5.41) is 0. The molecule has 0 amide bonds. The third kappa shape index (κ3) is 8.28. The van der Waals surface area contributed by atoms with Crippen LogP contribution in [-0.2, 0) is 9.53 Å². The van der Waals surface area contributed by atoms with Gasteiger partial charge in [-0.25, -0.2) is 4.79 Å². The summed E-state index contributed by atoms with van der Waals surface area (Å²) in [6.07, 6.45) is 15.8. The van der Waals surface area contributed by atoms with E-state index in [1.54, 1.807) is 6.92 Å². The highest BCUT2D eigenvalue weighted by molar-refractivity contribution is 5.87. The first kappa shape index (κ1) is 18.3. The zero-order chi connectivity index (χ0) is 15.5. The van der Waals surface area contributed by atoms with Crippen LogP contribution in [0.5, 0.6) is 0 Å². The summed E-state index contributed by atoms with van der Waals surface area (Å²) in [5.74, 6) is 0.644. The van der Waals surface area contributed by atoms with Crippen LogP contribution in [0.4, 0.5) is 0 Å². The molecule has 2 heteroatoms. The van der Waals surface area contributed by atoms with Gasteiger partial charge >= 0.3 is 5.97 Å². The van der Waals surface area contributed by atoms with Gasteiger partial charge in [-0.05, 0) is 38.5 Å². The number of carbonyl (C=O) groups is 1. The Morgan fingerprint density at radius 3 is 2.14 bits per heavy atom. The minimum atomic E-state index is -0.217. The van der Waals surface area contributed by atoms with E-state index in [2.05, 4.69) is 13.5 Å². The number of carbonyl (C=O) groups excluding carboxylic acids is 1. The zero-order valence-electron chi connectivity index (χ0n) is 14.2. The summed E-state index contributed by atoms with van der Waals surface area (Å²) in [6.45, 7) is 7.62. The molecule has 1 saturated carbocycles. The van der Waals surface area contributed by atoms with Crippen molar-refractivity contribution >= 4 is 5.97 Å². The fourth-order valence-corrected chi connectivity index (χ4v) is 3.18. The Labute approximate surface area is 131 Å². The Bertz CT molecular complexity index is 301. The second-order valence-electron chi connectivity index (χ2n) is 6.74. The highest BCUT2D eigenvalue weighted by Gasteiger charge is 2.23. The fraction of sp³-hybridized carbons (Fsp3) is 0.842. The number of rotatable bonds is 10. The molecule has 1 aliphatic rings. The van der Waals surface area contributed by atoms with Crippen molar-refractivity contribution in [1.29, 1.82) is 0 Å². The van der Waals surface area contributed by atoms with Gasteiger partial charge in [-0.1, -0.05) is 64.9 Å². The van der Waals surface area contributed by atoms with Crippen LogP contribution in [0.15, 0.2) is 12.2 Å². The van der Waals surface area contributed by atoms with Gasteiger partial charge in [0.15, 0.2) is 0 Å². The molecular formula is C19H34O2. The van der Waals surface area contributed by atoms with E-state index in [0.29, 0.717) is 5.57 Å². The predicted molar refractivity (Wildman–Crippen MR) is 89.3 cm³/mol. The summed E-state index contributed by atoms with van der Waals surface area (Å²) in [5.41, 5.74) is 0.514. The first-order valence-electron chi connectivity index (χ1n) is 9.00. The molecule has 0 aromatic rings. The molecule has 0 aliphatic heterocycles. The van der Waals surface area contributed by atoms with Crippen LogP contribution in [-0.4, -0.2) is 12.1 Å². The van der Waals surface area contributed by atoms with Gasteiger partial charge in [0.1, 0.15) is 6.10 Å². The molecule has 21 heavy (non-hydrogen) atoms. The van der Waals surface area contributed by atoms with Gasteiger partial charge < -0.3 is 4.74 Å². The molecule has 1 fully saturated rings. The highest BCUT2D eigenvalue weighted by Crippen LogP contribution is 2.30. The Morgan fingerprint density at radius 1 is 1.00 bits per heavy atom. The lowest BCUT2D eigenvalue weighted by atomic mass is 9.84. The van der Waals surface area contributed by atoms with Crippen LogP contribution in [0.25, 0.3) is 0 Å². The molecule has 0 aromatic heterocycles. The average molecular weight is 294 g/mol. The molecule has 0 aromatic carbocycles. The molecular weight excluding hydrogens is 260 g/mol. The minimum Gasteiger partial charge on any atom is -0.459 e. The maximum atomic E-state index is 11.5. The largest absolute Gasteiger partial charge is 0.459 e. The monoisotopic (exact) mass is 294 g/mol. The predicted octanol–water partition coefficient (Wildman–Crippen LogP) is 5.81. The molecule has 0 unspecified atom stereocenters. The van der Waals surface area contributed by atoms with Crippen molar-refractivity contribution < 1.29 is 9.53 Å². The number of hydrogen-bond donors (Lipinski definition) is 0. The number of unbranched alkanes of at least 4 members (excludes halogenated alkanes) is 6. The van der Waals surface area contributed by atoms with Crippen molar-refractivity contribution in [2.75, 3.05) is 0 Å². The third-order valence-electron chi connectivity index (χ3n) is 4.63. The van der Waals surface area contributed by atoms with E-state index in [4.69, 9.17) is 4.74 Å². The van der Waals surface area contributed by atoms with E-state index in [-0.39, 0.29) is 12.1 Å². The van der Waals surface area contributed by atoms with Crippen LogP contribution >= 0.6 is 0 Å². The number of esters is 1. The van der Waals surface area contributed by atoms with E-state index in [0.717, 1.165) is 18.8 Å². The SMILES string of the molecule is C=C(C)C(=O)OC1CCC(CCCCCCCCC)CC1. The van der Waals surface area contributed by atoms with E-state index in [1.807, 2.05) is 0 Å². The second kappa shape index (κ2) is 10.9. The lowest BCUT2D eigenvalue weighted by Gasteiger charge is -2.28. The van der Waals surface area contributed by atoms with Crippen LogP contribution < -0.4 is 0 Å². The fourth-order valence-electron chi connectivity index (χ4n) is 3.18. The molecule has 122 valence electrons. The second-order valence-corrected chi connectivity index (χ2v) is 6.74. The molecule has 2 nitrogen and oxygen atoms in total. The molecule has 1 rings (SSSR count). The van der Waals surface area contributed by atoms with Crippen molar-refractivity contribution in [1.82, 2.24) is 0 Å². The van der Waals surface area contributed by atoms with Gasteiger partial charge in [0.2, 0.25) is 0 Å². The zero-order valence-corrected chi connectivity index (χ0v) is 14.2. The maximum Gasteiger partial charge on any atom is 0.333 e. The van der Waals surface area contributed by atoms with E-state index < -0.39 is 0 Å². The third-order valence-corrected chi connectivity index (χ3v) is 4.63. The van der Waals surface area contributed by atoms with Crippen LogP contribution in [0.2, 0.25) is 0 Å². The van der Waals surface area contributed by atoms with Crippen molar-refractivity contribution in [2.45, 2.75) is 97.0 Å². The van der Waals surface area contributed by atoms with E-state index in [1.165, 1.54) is 64.2 Å². The summed E-state index contributed by atoms with van der Waals surface area (Å²) in [4.78, 5) is 11.5. The minimum absolute atomic E-state index is 0.138. The quantitative estimate of drug-likeness (QED) is 0.289. The van der Waals surface area contributed by atoms with Gasteiger partial charge in [-0.15, -0.1) is 0 Å². The van der Waals surface area contributed by atoms with Crippen LogP contribution in [0, 0.1) is 5.92 Å². The smallest absolute Gasteiger partial charge is 0.333 e. The highest BCUT2D eigenvalue weighted by atomic mass is 16.5. The summed E-state index contributed by atoms with van der Waals surface area (Å²) >= 11 is 0. The first-order chi connectivity index (χ1) is 10.1. The number of hydrogen-bond acceptors (Lipinski definition) is 2. The molecule has 0 bridgehead atoms. The van der Waals surface area contributed by atoms with Crippen LogP contribution in [0.1, 0.15) is 90.9 Å². The summed E-state index contributed by atoms with van der Waals surface area (Å²) in [6, 6.07) is 0. The first-order valence-corrected chi connectivity index (χ1v) is 9.00. The molecule has 0 spiro atoms. The summed E-state index contributed by atoms with van der Waals surface area (Å²) in [7, 11) is 0. The molecule has 0 heterocycles. The van der Waals surface area contributed by atoms with Gasteiger partial charge in [-0.3, -0.25) is 0 Å². The van der Waals surface area contributed by atoms with Gasteiger partial charge in [0.25, 0.3) is 0 Å². The van der Waals surface area contributed by atoms with Crippen LogP contribution in [0.3, 0.4) is 0 Å². The topological polar surface area (TPSA) is 26.3 Å². The average Bonchev–Trinajstić information content (AvgIpc) is 2.48.